The summed E-state index contributed by atoms with van der Waals surface area (Å²) in [6, 6.07) is 19.6. The highest BCUT2D eigenvalue weighted by atomic mass is 35.5. The highest BCUT2D eigenvalue weighted by Crippen LogP contribution is 2.32. The number of amides is 1. The summed E-state index contributed by atoms with van der Waals surface area (Å²) in [7, 11) is 0. The number of ether oxygens (including phenoxy) is 1. The Balaban J connectivity index is 1.59. The maximum atomic E-state index is 13.3. The van der Waals surface area contributed by atoms with Crippen LogP contribution in [0.4, 0.5) is 0 Å². The monoisotopic (exact) mass is 574 g/mol. The van der Waals surface area contributed by atoms with Crippen molar-refractivity contribution in [2.75, 3.05) is 0 Å². The Bertz CT molecular complexity index is 1580. The average molecular weight is 575 g/mol. The van der Waals surface area contributed by atoms with Crippen molar-refractivity contribution in [2.24, 2.45) is 0 Å². The minimum atomic E-state index is -1.05. The zero-order valence-electron chi connectivity index (χ0n) is 24.8. The molecule has 0 aliphatic heterocycles. The van der Waals surface area contributed by atoms with Crippen LogP contribution in [0.1, 0.15) is 85.9 Å². The van der Waals surface area contributed by atoms with Gasteiger partial charge >= 0.3 is 5.97 Å². The van der Waals surface area contributed by atoms with Crippen LogP contribution in [-0.2, 0) is 23.2 Å². The van der Waals surface area contributed by atoms with Gasteiger partial charge in [-0.05, 0) is 86.1 Å². The third-order valence-electron chi connectivity index (χ3n) is 7.69. The Labute approximate surface area is 247 Å². The van der Waals surface area contributed by atoms with Gasteiger partial charge in [0.15, 0.2) is 6.10 Å². The number of carboxylic acids is 1. The van der Waals surface area contributed by atoms with Crippen molar-refractivity contribution in [1.29, 1.82) is 0 Å². The van der Waals surface area contributed by atoms with Crippen molar-refractivity contribution >= 4 is 34.4 Å². The fraction of sp³-hybridized carbons (Fsp3) is 0.353. The summed E-state index contributed by atoms with van der Waals surface area (Å²) in [6.07, 6.45) is -0.404. The Hall–Kier alpha value is -3.77. The topological polar surface area (TPSA) is 80.6 Å². The van der Waals surface area contributed by atoms with E-state index in [4.69, 9.17) is 16.3 Å². The molecule has 0 saturated carbocycles. The van der Waals surface area contributed by atoms with Gasteiger partial charge in [0.1, 0.15) is 5.75 Å². The number of aliphatic carboxylic acids is 1. The third-order valence-corrected chi connectivity index (χ3v) is 8.00. The van der Waals surface area contributed by atoms with Crippen molar-refractivity contribution < 1.29 is 19.4 Å². The molecular weight excluding hydrogens is 536 g/mol. The first kappa shape index (κ1) is 30.2. The van der Waals surface area contributed by atoms with Crippen LogP contribution in [0, 0.1) is 6.92 Å². The molecule has 1 heterocycles. The molecule has 0 fully saturated rings. The number of nitrogens with one attached hydrogen (secondary N) is 1. The van der Waals surface area contributed by atoms with Crippen LogP contribution in [0.25, 0.3) is 10.9 Å². The molecule has 2 atom stereocenters. The van der Waals surface area contributed by atoms with E-state index in [0.29, 0.717) is 22.8 Å². The quantitative estimate of drug-likeness (QED) is 0.213. The number of hydrogen-bond donors (Lipinski definition) is 2. The molecule has 4 aromatic rings. The van der Waals surface area contributed by atoms with Gasteiger partial charge in [-0.2, -0.15) is 0 Å². The van der Waals surface area contributed by atoms with Gasteiger partial charge in [0.25, 0.3) is 5.91 Å². The smallest absolute Gasteiger partial charge is 0.344 e. The highest BCUT2D eigenvalue weighted by molar-refractivity contribution is 6.32. The second kappa shape index (κ2) is 12.0. The van der Waals surface area contributed by atoms with Crippen LogP contribution in [-0.4, -0.2) is 27.7 Å². The molecule has 4 rings (SSSR count). The lowest BCUT2D eigenvalue weighted by molar-refractivity contribution is -0.144. The van der Waals surface area contributed by atoms with E-state index < -0.39 is 12.1 Å². The van der Waals surface area contributed by atoms with Crippen LogP contribution >= 0.6 is 11.6 Å². The molecule has 1 aromatic heterocycles. The Morgan fingerprint density at radius 2 is 1.71 bits per heavy atom. The van der Waals surface area contributed by atoms with E-state index in [9.17, 15) is 14.7 Å². The largest absolute Gasteiger partial charge is 0.479 e. The van der Waals surface area contributed by atoms with Crippen LogP contribution < -0.4 is 10.1 Å². The van der Waals surface area contributed by atoms with Gasteiger partial charge < -0.3 is 19.7 Å². The van der Waals surface area contributed by atoms with Crippen LogP contribution in [0.2, 0.25) is 5.02 Å². The molecule has 0 aliphatic rings. The minimum Gasteiger partial charge on any atom is -0.479 e. The van der Waals surface area contributed by atoms with E-state index in [1.54, 1.807) is 12.1 Å². The number of nitrogens with zero attached hydrogens (tertiary/aromatic N) is 1. The van der Waals surface area contributed by atoms with Gasteiger partial charge in [0, 0.05) is 28.7 Å². The first-order chi connectivity index (χ1) is 19.3. The molecule has 216 valence electrons. The summed E-state index contributed by atoms with van der Waals surface area (Å²) < 4.78 is 7.79. The van der Waals surface area contributed by atoms with E-state index in [1.807, 2.05) is 31.2 Å². The number of fused-ring (bicyclic) bond motifs is 1. The average Bonchev–Trinajstić information content (AvgIpc) is 3.19. The molecule has 3 aromatic carbocycles. The van der Waals surface area contributed by atoms with Gasteiger partial charge in [-0.25, -0.2) is 4.79 Å². The van der Waals surface area contributed by atoms with E-state index in [0.717, 1.165) is 39.8 Å². The zero-order chi connectivity index (χ0) is 30.1. The van der Waals surface area contributed by atoms with Gasteiger partial charge in [-0.1, -0.05) is 68.8 Å². The predicted molar refractivity (Wildman–Crippen MR) is 165 cm³/mol. The second-order valence-electron chi connectivity index (χ2n) is 11.6. The maximum absolute atomic E-state index is 13.3. The maximum Gasteiger partial charge on any atom is 0.344 e. The lowest BCUT2D eigenvalue weighted by Crippen LogP contribution is -2.26. The molecule has 0 saturated heterocycles. The third kappa shape index (κ3) is 6.59. The van der Waals surface area contributed by atoms with Crippen molar-refractivity contribution in [2.45, 2.75) is 79.0 Å². The first-order valence-corrected chi connectivity index (χ1v) is 14.4. The highest BCUT2D eigenvalue weighted by Gasteiger charge is 2.20. The Kier molecular flexibility index (Phi) is 8.83. The number of carboxylic acid groups (broad SMARTS) is 1. The van der Waals surface area contributed by atoms with E-state index in [2.05, 4.69) is 68.8 Å². The van der Waals surface area contributed by atoms with E-state index in [-0.39, 0.29) is 17.4 Å². The van der Waals surface area contributed by atoms with Gasteiger partial charge in [0.05, 0.1) is 11.1 Å². The summed E-state index contributed by atoms with van der Waals surface area (Å²) >= 11 is 6.29. The number of halogens is 1. The molecule has 7 heteroatoms. The van der Waals surface area contributed by atoms with Crippen LogP contribution in [0.15, 0.2) is 60.7 Å². The molecule has 0 bridgehead atoms. The van der Waals surface area contributed by atoms with Crippen molar-refractivity contribution in [1.82, 2.24) is 9.88 Å². The molecule has 6 nitrogen and oxygen atoms in total. The molecule has 0 aliphatic carbocycles. The number of hydrogen-bond acceptors (Lipinski definition) is 3. The molecular formula is C34H39ClN2O4. The second-order valence-corrected chi connectivity index (χ2v) is 12.1. The number of aromatic nitrogens is 1. The number of aryl methyl sites for hydroxylation is 1. The Morgan fingerprint density at radius 3 is 2.32 bits per heavy atom. The van der Waals surface area contributed by atoms with Crippen LogP contribution in [0.3, 0.4) is 0 Å². The molecule has 0 radical (unpaired) electrons. The molecule has 0 unspecified atom stereocenters. The lowest BCUT2D eigenvalue weighted by Gasteiger charge is -2.21. The number of benzene rings is 3. The zero-order valence-corrected chi connectivity index (χ0v) is 25.6. The fourth-order valence-corrected chi connectivity index (χ4v) is 5.31. The Morgan fingerprint density at radius 1 is 1.02 bits per heavy atom. The minimum absolute atomic E-state index is 0.0775. The van der Waals surface area contributed by atoms with Crippen LogP contribution in [0.5, 0.6) is 5.75 Å². The summed E-state index contributed by atoms with van der Waals surface area (Å²) in [6.45, 7) is 15.0. The normalized spacial score (nSPS) is 13.2. The molecule has 41 heavy (non-hydrogen) atoms. The SMILES string of the molecule is CCn1c(C)c(Cc2ccc(Cl)c(O[C@H](C)C(=O)O)c2)c2ccc(C(=O)N[C@@H](C)c3ccc(C(C)(C)C)cc3)cc21. The van der Waals surface area contributed by atoms with E-state index >= 15 is 0 Å². The van der Waals surface area contributed by atoms with Crippen molar-refractivity contribution in [3.63, 3.8) is 0 Å². The van der Waals surface area contributed by atoms with E-state index in [1.165, 1.54) is 12.5 Å². The molecule has 0 spiro atoms. The van der Waals surface area contributed by atoms with Crippen molar-refractivity contribution in [3.05, 3.63) is 99.2 Å². The lowest BCUT2D eigenvalue weighted by atomic mass is 9.86. The number of rotatable bonds is 9. The van der Waals surface area contributed by atoms with Crippen molar-refractivity contribution in [3.8, 4) is 5.75 Å². The summed E-state index contributed by atoms with van der Waals surface area (Å²) in [5.41, 5.74) is 7.21. The fourth-order valence-electron chi connectivity index (χ4n) is 5.15. The van der Waals surface area contributed by atoms with Gasteiger partial charge in [0.2, 0.25) is 0 Å². The summed E-state index contributed by atoms with van der Waals surface area (Å²) in [5.74, 6) is -0.826. The summed E-state index contributed by atoms with van der Waals surface area (Å²) in [5, 5.41) is 13.8. The first-order valence-electron chi connectivity index (χ1n) is 14.0. The van der Waals surface area contributed by atoms with Gasteiger partial charge in [-0.15, -0.1) is 0 Å². The predicted octanol–water partition coefficient (Wildman–Crippen LogP) is 7.85. The molecule has 1 amide bonds. The standard InChI is InChI=1S/C34H39ClN2O4/c1-8-37-21(3)28(17-23-9-16-29(35)31(18-23)41-22(4)33(39)40)27-15-12-25(19-30(27)37)32(38)36-20(2)24-10-13-26(14-11-24)34(5,6)7/h9-16,18-20,22H,8,17H2,1-7H3,(H,36,38)(H,39,40)/t20-,22+/m0/s1. The summed E-state index contributed by atoms with van der Waals surface area (Å²) in [4.78, 5) is 24.6. The number of carbonyl (C=O) groups excluding carboxylic acids is 1. The number of carbonyl (C=O) groups is 2. The molecule has 2 N–H and O–H groups in total. The van der Waals surface area contributed by atoms with Gasteiger partial charge in [-0.3, -0.25) is 4.79 Å².